The number of H-pyrrole nitrogens is 1. The van der Waals surface area contributed by atoms with Gasteiger partial charge in [0.2, 0.25) is 0 Å². The van der Waals surface area contributed by atoms with Gasteiger partial charge in [-0.15, -0.1) is 0 Å². The zero-order chi connectivity index (χ0) is 21.1. The molecular formula is C30H21NO. The van der Waals surface area contributed by atoms with Crippen molar-refractivity contribution in [2.75, 3.05) is 0 Å². The Labute approximate surface area is 186 Å². The van der Waals surface area contributed by atoms with Crippen molar-refractivity contribution in [3.63, 3.8) is 0 Å². The lowest BCUT2D eigenvalue weighted by Crippen LogP contribution is -1.82. The third-order valence-electron chi connectivity index (χ3n) is 6.45. The Hall–Kier alpha value is -4.30. The van der Waals surface area contributed by atoms with Gasteiger partial charge >= 0.3 is 0 Å². The number of rotatable bonds is 2. The maximum Gasteiger partial charge on any atom is 0.136 e. The highest BCUT2D eigenvalue weighted by Crippen LogP contribution is 2.35. The van der Waals surface area contributed by atoms with Gasteiger partial charge in [0.25, 0.3) is 0 Å². The minimum Gasteiger partial charge on any atom is -0.456 e. The van der Waals surface area contributed by atoms with Crippen LogP contribution in [0, 0.1) is 0 Å². The topological polar surface area (TPSA) is 28.9 Å². The molecule has 0 aliphatic rings. The maximum absolute atomic E-state index is 6.08. The largest absolute Gasteiger partial charge is 0.456 e. The molecule has 0 unspecified atom stereocenters. The van der Waals surface area contributed by atoms with Gasteiger partial charge in [0.05, 0.1) is 5.52 Å². The van der Waals surface area contributed by atoms with Crippen LogP contribution in [0.2, 0.25) is 0 Å². The van der Waals surface area contributed by atoms with Crippen LogP contribution < -0.4 is 0 Å². The van der Waals surface area contributed by atoms with Crippen molar-refractivity contribution in [1.82, 2.24) is 4.98 Å². The first-order valence-corrected chi connectivity index (χ1v) is 10.9. The Bertz CT molecular complexity index is 1770. The zero-order valence-corrected chi connectivity index (χ0v) is 17.3. The van der Waals surface area contributed by atoms with Gasteiger partial charge in [0.15, 0.2) is 0 Å². The molecule has 2 heterocycles. The molecule has 0 bridgehead atoms. The lowest BCUT2D eigenvalue weighted by atomic mass is 9.98. The molecule has 32 heavy (non-hydrogen) atoms. The van der Waals surface area contributed by atoms with E-state index in [4.69, 9.17) is 4.42 Å². The van der Waals surface area contributed by atoms with Crippen molar-refractivity contribution >= 4 is 43.7 Å². The van der Waals surface area contributed by atoms with E-state index in [1.807, 2.05) is 12.1 Å². The van der Waals surface area contributed by atoms with Gasteiger partial charge < -0.3 is 9.40 Å². The molecule has 0 saturated carbocycles. The molecule has 2 nitrogen and oxygen atoms in total. The van der Waals surface area contributed by atoms with E-state index in [1.54, 1.807) is 0 Å². The quantitative estimate of drug-likeness (QED) is 0.302. The van der Waals surface area contributed by atoms with Crippen molar-refractivity contribution in [3.05, 3.63) is 109 Å². The van der Waals surface area contributed by atoms with Gasteiger partial charge in [0.1, 0.15) is 11.2 Å². The van der Waals surface area contributed by atoms with E-state index in [2.05, 4.69) is 102 Å². The summed E-state index contributed by atoms with van der Waals surface area (Å²) in [5.41, 5.74) is 8.98. The molecular weight excluding hydrogens is 390 g/mol. The molecule has 0 aliphatic carbocycles. The van der Waals surface area contributed by atoms with Crippen LogP contribution in [0.5, 0.6) is 0 Å². The monoisotopic (exact) mass is 411 g/mol. The van der Waals surface area contributed by atoms with Crippen LogP contribution in [0.1, 0.15) is 1.43 Å². The maximum atomic E-state index is 6.08. The smallest absolute Gasteiger partial charge is 0.136 e. The summed E-state index contributed by atoms with van der Waals surface area (Å²) in [6, 6.07) is 38.5. The van der Waals surface area contributed by atoms with Crippen LogP contribution in [0.4, 0.5) is 0 Å². The molecule has 7 rings (SSSR count). The standard InChI is InChI=1S/C30H19NO.H2/c1-3-10-27-23(6-1)26-9-5-8-22(30(26)31-27)20-14-12-19(13-15-20)21-16-17-25-24-7-2-4-11-28(24)32-29(25)18-21;/h1-18,31H;1H. The third kappa shape index (κ3) is 2.53. The number of aromatic amines is 1. The summed E-state index contributed by atoms with van der Waals surface area (Å²) in [6.45, 7) is 0. The SMILES string of the molecule is [HH].c1ccc2c(c1)[nH]c1c(-c3ccc(-c4ccc5c(c4)oc4ccccc45)cc3)cccc12. The fourth-order valence-corrected chi connectivity index (χ4v) is 4.86. The van der Waals surface area contributed by atoms with Gasteiger partial charge in [-0.2, -0.15) is 0 Å². The molecule has 2 heteroatoms. The molecule has 152 valence electrons. The summed E-state index contributed by atoms with van der Waals surface area (Å²) in [5.74, 6) is 0. The number of hydrogen-bond acceptors (Lipinski definition) is 1. The number of fused-ring (bicyclic) bond motifs is 6. The van der Waals surface area contributed by atoms with Gasteiger partial charge in [-0.25, -0.2) is 0 Å². The molecule has 7 aromatic rings. The van der Waals surface area contributed by atoms with Gasteiger partial charge in [-0.3, -0.25) is 0 Å². The first-order chi connectivity index (χ1) is 15.8. The second-order valence-corrected chi connectivity index (χ2v) is 8.29. The minimum atomic E-state index is 0. The fraction of sp³-hybridized carbons (Fsp3) is 0. The zero-order valence-electron chi connectivity index (χ0n) is 17.3. The minimum absolute atomic E-state index is 0. The summed E-state index contributed by atoms with van der Waals surface area (Å²) in [7, 11) is 0. The number of para-hydroxylation sites is 3. The van der Waals surface area contributed by atoms with Crippen LogP contribution >= 0.6 is 0 Å². The Balaban J connectivity index is 0.00000206. The van der Waals surface area contributed by atoms with E-state index >= 15 is 0 Å². The molecule has 2 aromatic heterocycles. The predicted octanol–water partition coefficient (Wildman–Crippen LogP) is 8.80. The van der Waals surface area contributed by atoms with Crippen molar-refractivity contribution < 1.29 is 5.84 Å². The average molecular weight is 412 g/mol. The van der Waals surface area contributed by atoms with E-state index in [1.165, 1.54) is 38.5 Å². The lowest BCUT2D eigenvalue weighted by molar-refractivity contribution is 0.669. The highest BCUT2D eigenvalue weighted by Gasteiger charge is 2.11. The summed E-state index contributed by atoms with van der Waals surface area (Å²) in [4.78, 5) is 3.61. The van der Waals surface area contributed by atoms with Crippen LogP contribution in [-0.4, -0.2) is 4.98 Å². The van der Waals surface area contributed by atoms with Crippen molar-refractivity contribution in [1.29, 1.82) is 0 Å². The van der Waals surface area contributed by atoms with Crippen molar-refractivity contribution in [3.8, 4) is 22.3 Å². The van der Waals surface area contributed by atoms with E-state index in [-0.39, 0.29) is 1.43 Å². The molecule has 0 fully saturated rings. The number of furan rings is 1. The van der Waals surface area contributed by atoms with E-state index in [0.717, 1.165) is 27.5 Å². The van der Waals surface area contributed by atoms with Crippen LogP contribution in [0.25, 0.3) is 66.0 Å². The molecule has 5 aromatic carbocycles. The highest BCUT2D eigenvalue weighted by molar-refractivity contribution is 6.12. The number of benzene rings is 5. The second-order valence-electron chi connectivity index (χ2n) is 8.29. The van der Waals surface area contributed by atoms with Gasteiger partial charge in [-0.05, 0) is 41.0 Å². The van der Waals surface area contributed by atoms with E-state index in [9.17, 15) is 0 Å². The Morgan fingerprint density at radius 3 is 2.09 bits per heavy atom. The lowest BCUT2D eigenvalue weighted by Gasteiger charge is -2.07. The molecule has 0 radical (unpaired) electrons. The molecule has 1 N–H and O–H groups in total. The van der Waals surface area contributed by atoms with Crippen LogP contribution in [0.15, 0.2) is 114 Å². The molecule has 0 atom stereocenters. The number of nitrogens with one attached hydrogen (secondary N) is 1. The first-order valence-electron chi connectivity index (χ1n) is 10.9. The molecule has 0 amide bonds. The number of aromatic nitrogens is 1. The Morgan fingerprint density at radius 1 is 0.500 bits per heavy atom. The summed E-state index contributed by atoms with van der Waals surface area (Å²) >= 11 is 0. The molecule has 0 saturated heterocycles. The van der Waals surface area contributed by atoms with Crippen LogP contribution in [0.3, 0.4) is 0 Å². The van der Waals surface area contributed by atoms with Gasteiger partial charge in [-0.1, -0.05) is 84.9 Å². The Kier molecular flexibility index (Phi) is 3.58. The van der Waals surface area contributed by atoms with Crippen LogP contribution in [-0.2, 0) is 0 Å². The predicted molar refractivity (Wildman–Crippen MR) is 136 cm³/mol. The number of hydrogen-bond donors (Lipinski definition) is 1. The van der Waals surface area contributed by atoms with Crippen molar-refractivity contribution in [2.24, 2.45) is 0 Å². The molecule has 0 spiro atoms. The fourth-order valence-electron chi connectivity index (χ4n) is 4.86. The highest BCUT2D eigenvalue weighted by atomic mass is 16.3. The van der Waals surface area contributed by atoms with Crippen molar-refractivity contribution in [2.45, 2.75) is 0 Å². The van der Waals surface area contributed by atoms with E-state index < -0.39 is 0 Å². The summed E-state index contributed by atoms with van der Waals surface area (Å²) in [6.07, 6.45) is 0. The Morgan fingerprint density at radius 2 is 1.19 bits per heavy atom. The van der Waals surface area contributed by atoms with E-state index in [0.29, 0.717) is 0 Å². The summed E-state index contributed by atoms with van der Waals surface area (Å²) < 4.78 is 6.08. The first kappa shape index (κ1) is 17.4. The normalized spacial score (nSPS) is 11.8. The molecule has 0 aliphatic heterocycles. The summed E-state index contributed by atoms with van der Waals surface area (Å²) in [5, 5.41) is 4.85. The average Bonchev–Trinajstić information content (AvgIpc) is 3.42. The third-order valence-corrected chi connectivity index (χ3v) is 6.45. The van der Waals surface area contributed by atoms with Gasteiger partial charge in [0, 0.05) is 34.1 Å². The second kappa shape index (κ2) is 6.60.